The molecular weight excluding hydrogens is 204 g/mol. The van der Waals surface area contributed by atoms with E-state index in [2.05, 4.69) is 0 Å². The van der Waals surface area contributed by atoms with Crippen LogP contribution in [0.1, 0.15) is 25.7 Å². The third-order valence-corrected chi connectivity index (χ3v) is 2.80. The fourth-order valence-electron chi connectivity index (χ4n) is 1.81. The first-order valence-electron chi connectivity index (χ1n) is 5.69. The van der Waals surface area contributed by atoms with Gasteiger partial charge in [-0.05, 0) is 19.3 Å². The van der Waals surface area contributed by atoms with Crippen molar-refractivity contribution in [3.63, 3.8) is 0 Å². The van der Waals surface area contributed by atoms with E-state index in [9.17, 15) is 4.79 Å². The van der Waals surface area contributed by atoms with Crippen LogP contribution in [0.2, 0.25) is 0 Å². The van der Waals surface area contributed by atoms with Gasteiger partial charge in [0.15, 0.2) is 6.29 Å². The second-order valence-corrected chi connectivity index (χ2v) is 3.92. The Morgan fingerprint density at radius 1 is 1.38 bits per heavy atom. The predicted octanol–water partition coefficient (Wildman–Crippen LogP) is 2.48. The van der Waals surface area contributed by atoms with Gasteiger partial charge in [-0.3, -0.25) is 4.79 Å². The topological polar surface area (TPSA) is 35.5 Å². The molecule has 1 rings (SSSR count). The van der Waals surface area contributed by atoms with Gasteiger partial charge in [-0.25, -0.2) is 0 Å². The van der Waals surface area contributed by atoms with Gasteiger partial charge in [0.25, 0.3) is 0 Å². The monoisotopic (exact) mass is 224 g/mol. The number of methoxy groups -OCH3 is 2. The van der Waals surface area contributed by atoms with Gasteiger partial charge in [0.05, 0.1) is 0 Å². The summed E-state index contributed by atoms with van der Waals surface area (Å²) in [5.74, 6) is 0.362. The Kier molecular flexibility index (Phi) is 6.04. The molecule has 0 fully saturated rings. The average molecular weight is 224 g/mol. The van der Waals surface area contributed by atoms with E-state index in [0.717, 1.165) is 19.3 Å². The van der Waals surface area contributed by atoms with Crippen molar-refractivity contribution in [3.8, 4) is 0 Å². The number of ketones is 1. The molecule has 3 heteroatoms. The lowest BCUT2D eigenvalue weighted by atomic mass is 9.96. The molecule has 0 heterocycles. The Balaban J connectivity index is 2.29. The normalized spacial score (nSPS) is 20.4. The third-order valence-electron chi connectivity index (χ3n) is 2.80. The van der Waals surface area contributed by atoms with E-state index < -0.39 is 0 Å². The van der Waals surface area contributed by atoms with E-state index in [1.807, 2.05) is 24.3 Å². The first-order valence-corrected chi connectivity index (χ1v) is 5.69. The van der Waals surface area contributed by atoms with E-state index in [1.165, 1.54) is 0 Å². The van der Waals surface area contributed by atoms with Crippen molar-refractivity contribution in [3.05, 3.63) is 24.3 Å². The van der Waals surface area contributed by atoms with E-state index in [-0.39, 0.29) is 12.2 Å². The minimum Gasteiger partial charge on any atom is -0.356 e. The van der Waals surface area contributed by atoms with Crippen molar-refractivity contribution in [2.24, 2.45) is 5.92 Å². The van der Waals surface area contributed by atoms with Crippen molar-refractivity contribution in [2.45, 2.75) is 32.0 Å². The minimum absolute atomic E-state index is 0.0596. The van der Waals surface area contributed by atoms with Crippen LogP contribution >= 0.6 is 0 Å². The maximum absolute atomic E-state index is 11.7. The molecule has 16 heavy (non-hydrogen) atoms. The summed E-state index contributed by atoms with van der Waals surface area (Å²) in [5.41, 5.74) is 0. The second kappa shape index (κ2) is 7.36. The molecule has 0 N–H and O–H groups in total. The van der Waals surface area contributed by atoms with Crippen LogP contribution in [-0.4, -0.2) is 26.3 Å². The van der Waals surface area contributed by atoms with Gasteiger partial charge in [-0.1, -0.05) is 24.3 Å². The molecule has 0 saturated heterocycles. The highest BCUT2D eigenvalue weighted by Crippen LogP contribution is 2.17. The molecule has 1 atom stereocenters. The Hall–Kier alpha value is -0.930. The SMILES string of the molecule is COC(CCCC1C=CC=CCC1=O)OC. The second-order valence-electron chi connectivity index (χ2n) is 3.92. The zero-order chi connectivity index (χ0) is 11.8. The lowest BCUT2D eigenvalue weighted by molar-refractivity contribution is -0.121. The Morgan fingerprint density at radius 3 is 2.81 bits per heavy atom. The number of Topliss-reactive ketones (excluding diaryl/α,β-unsaturated/α-hetero) is 1. The van der Waals surface area contributed by atoms with Crippen LogP contribution in [0, 0.1) is 5.92 Å². The van der Waals surface area contributed by atoms with Crippen LogP contribution < -0.4 is 0 Å². The zero-order valence-electron chi connectivity index (χ0n) is 10.0. The van der Waals surface area contributed by atoms with Gasteiger partial charge in [0.2, 0.25) is 0 Å². The lowest BCUT2D eigenvalue weighted by Gasteiger charge is -2.14. The maximum atomic E-state index is 11.7. The Bertz CT molecular complexity index is 264. The summed E-state index contributed by atoms with van der Waals surface area (Å²) < 4.78 is 10.2. The van der Waals surface area contributed by atoms with Crippen LogP contribution in [0.4, 0.5) is 0 Å². The number of carbonyl (C=O) groups is 1. The summed E-state index contributed by atoms with van der Waals surface area (Å²) in [4.78, 5) is 11.7. The van der Waals surface area contributed by atoms with Crippen LogP contribution in [-0.2, 0) is 14.3 Å². The van der Waals surface area contributed by atoms with Crippen molar-refractivity contribution < 1.29 is 14.3 Å². The number of ether oxygens (including phenoxy) is 2. The van der Waals surface area contributed by atoms with Gasteiger partial charge < -0.3 is 9.47 Å². The summed E-state index contributed by atoms with van der Waals surface area (Å²) in [6.45, 7) is 0. The smallest absolute Gasteiger partial charge is 0.156 e. The fourth-order valence-corrected chi connectivity index (χ4v) is 1.81. The van der Waals surface area contributed by atoms with Gasteiger partial charge in [0.1, 0.15) is 5.78 Å². The molecule has 1 aliphatic rings. The molecular formula is C13H20O3. The number of allylic oxidation sites excluding steroid dienone is 4. The molecule has 0 bridgehead atoms. The molecule has 0 aromatic heterocycles. The molecule has 1 aliphatic carbocycles. The zero-order valence-corrected chi connectivity index (χ0v) is 10.0. The Morgan fingerprint density at radius 2 is 2.12 bits per heavy atom. The quantitative estimate of drug-likeness (QED) is 0.650. The maximum Gasteiger partial charge on any atom is 0.156 e. The molecule has 0 spiro atoms. The summed E-state index contributed by atoms with van der Waals surface area (Å²) in [5, 5.41) is 0. The molecule has 0 aliphatic heterocycles. The predicted molar refractivity (Wildman–Crippen MR) is 63.1 cm³/mol. The summed E-state index contributed by atoms with van der Waals surface area (Å²) in [7, 11) is 3.27. The van der Waals surface area contributed by atoms with Crippen molar-refractivity contribution in [1.82, 2.24) is 0 Å². The van der Waals surface area contributed by atoms with E-state index in [1.54, 1.807) is 14.2 Å². The van der Waals surface area contributed by atoms with Gasteiger partial charge in [0, 0.05) is 26.6 Å². The van der Waals surface area contributed by atoms with Crippen molar-refractivity contribution in [1.29, 1.82) is 0 Å². The minimum atomic E-state index is -0.150. The van der Waals surface area contributed by atoms with Crippen LogP contribution in [0.5, 0.6) is 0 Å². The Labute approximate surface area is 97.1 Å². The molecule has 3 nitrogen and oxygen atoms in total. The average Bonchev–Trinajstić information content (AvgIpc) is 2.50. The van der Waals surface area contributed by atoms with Gasteiger partial charge >= 0.3 is 0 Å². The molecule has 90 valence electrons. The first kappa shape index (κ1) is 13.1. The highest BCUT2D eigenvalue weighted by atomic mass is 16.7. The number of rotatable bonds is 6. The van der Waals surface area contributed by atoms with Gasteiger partial charge in [-0.2, -0.15) is 0 Å². The largest absolute Gasteiger partial charge is 0.356 e. The molecule has 0 radical (unpaired) electrons. The van der Waals surface area contributed by atoms with Crippen LogP contribution in [0.25, 0.3) is 0 Å². The number of hydrogen-bond donors (Lipinski definition) is 0. The number of hydrogen-bond acceptors (Lipinski definition) is 3. The van der Waals surface area contributed by atoms with Crippen molar-refractivity contribution >= 4 is 5.78 Å². The van der Waals surface area contributed by atoms with Crippen LogP contribution in [0.3, 0.4) is 0 Å². The summed E-state index contributed by atoms with van der Waals surface area (Å²) >= 11 is 0. The molecule has 0 amide bonds. The standard InChI is InChI=1S/C13H20O3/c1-15-13(16-2)10-6-8-11-7-4-3-5-9-12(11)14/h3-5,7,11,13H,6,8-10H2,1-2H3. The highest BCUT2D eigenvalue weighted by Gasteiger charge is 2.15. The highest BCUT2D eigenvalue weighted by molar-refractivity contribution is 5.84. The van der Waals surface area contributed by atoms with Crippen LogP contribution in [0.15, 0.2) is 24.3 Å². The third kappa shape index (κ3) is 4.29. The molecule has 0 saturated carbocycles. The van der Waals surface area contributed by atoms with Crippen molar-refractivity contribution in [2.75, 3.05) is 14.2 Å². The number of carbonyl (C=O) groups excluding carboxylic acids is 1. The van der Waals surface area contributed by atoms with E-state index >= 15 is 0 Å². The van der Waals surface area contributed by atoms with E-state index in [4.69, 9.17) is 9.47 Å². The first-order chi connectivity index (χ1) is 7.77. The lowest BCUT2D eigenvalue weighted by Crippen LogP contribution is -2.15. The molecule has 1 unspecified atom stereocenters. The summed E-state index contributed by atoms with van der Waals surface area (Å²) in [6, 6.07) is 0. The molecule has 0 aromatic rings. The van der Waals surface area contributed by atoms with E-state index in [0.29, 0.717) is 12.2 Å². The summed E-state index contributed by atoms with van der Waals surface area (Å²) in [6.07, 6.45) is 10.8. The molecule has 0 aromatic carbocycles. The fraction of sp³-hybridized carbons (Fsp3) is 0.615. The van der Waals surface area contributed by atoms with Gasteiger partial charge in [-0.15, -0.1) is 0 Å².